The number of aromatic nitrogens is 2. The van der Waals surface area contributed by atoms with E-state index in [1.165, 1.54) is 0 Å². The minimum absolute atomic E-state index is 0.297. The van der Waals surface area contributed by atoms with Crippen LogP contribution in [-0.2, 0) is 15.1 Å². The highest BCUT2D eigenvalue weighted by atomic mass is 79.9. The van der Waals surface area contributed by atoms with Crippen molar-refractivity contribution in [3.05, 3.63) is 16.9 Å². The Morgan fingerprint density at radius 2 is 2.16 bits per heavy atom. The predicted octanol–water partition coefficient (Wildman–Crippen LogP) is 2.26. The standard InChI is InChI=1S/C13H17BrN2O3/c1-19-11-2-8-4-13(12(17)18,5-9(8)3-11)16-7-10(14)6-15-16/h6-9,11H,2-5H2,1H3,(H,17,18)/t8-,9+,11?,13?. The van der Waals surface area contributed by atoms with Gasteiger partial charge in [0, 0.05) is 13.3 Å². The van der Waals surface area contributed by atoms with Crippen LogP contribution in [0.4, 0.5) is 0 Å². The smallest absolute Gasteiger partial charge is 0.331 e. The summed E-state index contributed by atoms with van der Waals surface area (Å²) in [4.78, 5) is 11.8. The molecule has 1 aromatic rings. The van der Waals surface area contributed by atoms with Crippen molar-refractivity contribution in [2.24, 2.45) is 11.8 Å². The SMILES string of the molecule is COC1C[C@@H]2CC(C(=O)O)(n3cc(Br)cn3)C[C@@H]2C1. The topological polar surface area (TPSA) is 64.3 Å². The number of carboxylic acids is 1. The van der Waals surface area contributed by atoms with Crippen molar-refractivity contribution in [3.8, 4) is 0 Å². The van der Waals surface area contributed by atoms with Gasteiger partial charge < -0.3 is 9.84 Å². The number of hydrogen-bond donors (Lipinski definition) is 1. The summed E-state index contributed by atoms with van der Waals surface area (Å²) >= 11 is 3.34. The Kier molecular flexibility index (Phi) is 3.17. The number of nitrogens with zero attached hydrogens (tertiary/aromatic N) is 2. The maximum Gasteiger partial charge on any atom is 0.331 e. The molecule has 5 nitrogen and oxygen atoms in total. The number of carbonyl (C=O) groups is 1. The van der Waals surface area contributed by atoms with Gasteiger partial charge in [0.2, 0.25) is 0 Å². The molecule has 2 saturated carbocycles. The van der Waals surface area contributed by atoms with Gasteiger partial charge in [0.15, 0.2) is 5.54 Å². The lowest BCUT2D eigenvalue weighted by molar-refractivity contribution is -0.148. The van der Waals surface area contributed by atoms with E-state index in [4.69, 9.17) is 4.74 Å². The zero-order chi connectivity index (χ0) is 13.6. The van der Waals surface area contributed by atoms with Gasteiger partial charge in [-0.05, 0) is 53.4 Å². The average Bonchev–Trinajstić information content (AvgIpc) is 3.00. The number of aliphatic carboxylic acids is 1. The van der Waals surface area contributed by atoms with Gasteiger partial charge in [-0.15, -0.1) is 0 Å². The number of rotatable bonds is 3. The summed E-state index contributed by atoms with van der Waals surface area (Å²) in [7, 11) is 1.74. The molecule has 0 amide bonds. The molecule has 4 atom stereocenters. The molecule has 104 valence electrons. The van der Waals surface area contributed by atoms with E-state index in [9.17, 15) is 9.90 Å². The van der Waals surface area contributed by atoms with Gasteiger partial charge in [0.05, 0.1) is 16.8 Å². The number of halogens is 1. The second-order valence-corrected chi connectivity index (χ2v) is 6.61. The summed E-state index contributed by atoms with van der Waals surface area (Å²) in [6.07, 6.45) is 6.96. The monoisotopic (exact) mass is 328 g/mol. The third-order valence-corrected chi connectivity index (χ3v) is 5.13. The molecule has 2 aliphatic rings. The fraction of sp³-hybridized carbons (Fsp3) is 0.692. The van der Waals surface area contributed by atoms with E-state index in [1.807, 2.05) is 0 Å². The second kappa shape index (κ2) is 4.59. The second-order valence-electron chi connectivity index (χ2n) is 5.70. The van der Waals surface area contributed by atoms with E-state index >= 15 is 0 Å². The molecule has 19 heavy (non-hydrogen) atoms. The Balaban J connectivity index is 1.88. The largest absolute Gasteiger partial charge is 0.479 e. The van der Waals surface area contributed by atoms with Crippen LogP contribution >= 0.6 is 15.9 Å². The minimum atomic E-state index is -0.875. The van der Waals surface area contributed by atoms with Crippen LogP contribution in [0.15, 0.2) is 16.9 Å². The summed E-state index contributed by atoms with van der Waals surface area (Å²) in [5, 5.41) is 13.9. The van der Waals surface area contributed by atoms with E-state index < -0.39 is 11.5 Å². The highest BCUT2D eigenvalue weighted by molar-refractivity contribution is 9.10. The quantitative estimate of drug-likeness (QED) is 0.924. The van der Waals surface area contributed by atoms with Crippen molar-refractivity contribution in [1.29, 1.82) is 0 Å². The van der Waals surface area contributed by atoms with Gasteiger partial charge in [-0.1, -0.05) is 0 Å². The highest BCUT2D eigenvalue weighted by Gasteiger charge is 2.55. The average molecular weight is 329 g/mol. The third-order valence-electron chi connectivity index (χ3n) is 4.72. The number of fused-ring (bicyclic) bond motifs is 1. The van der Waals surface area contributed by atoms with Crippen molar-refractivity contribution in [2.45, 2.75) is 37.3 Å². The van der Waals surface area contributed by atoms with Crippen molar-refractivity contribution in [3.63, 3.8) is 0 Å². The van der Waals surface area contributed by atoms with Crippen LogP contribution in [0.3, 0.4) is 0 Å². The van der Waals surface area contributed by atoms with Crippen LogP contribution in [0.5, 0.6) is 0 Å². The fourth-order valence-corrected chi connectivity index (χ4v) is 4.08. The zero-order valence-electron chi connectivity index (χ0n) is 10.8. The van der Waals surface area contributed by atoms with Gasteiger partial charge in [-0.3, -0.25) is 4.68 Å². The predicted molar refractivity (Wildman–Crippen MR) is 71.8 cm³/mol. The molecule has 2 aliphatic carbocycles. The summed E-state index contributed by atoms with van der Waals surface area (Å²) in [6, 6.07) is 0. The van der Waals surface area contributed by atoms with E-state index in [-0.39, 0.29) is 0 Å². The molecule has 1 heterocycles. The molecule has 0 radical (unpaired) electrons. The lowest BCUT2D eigenvalue weighted by Gasteiger charge is -2.26. The van der Waals surface area contributed by atoms with Gasteiger partial charge in [0.25, 0.3) is 0 Å². The minimum Gasteiger partial charge on any atom is -0.479 e. The molecule has 3 rings (SSSR count). The molecule has 1 aromatic heterocycles. The highest BCUT2D eigenvalue weighted by Crippen LogP contribution is 2.52. The summed E-state index contributed by atoms with van der Waals surface area (Å²) in [5.74, 6) is 0.0968. The molecule has 6 heteroatoms. The van der Waals surface area contributed by atoms with Gasteiger partial charge in [0.1, 0.15) is 0 Å². The molecule has 0 saturated heterocycles. The Hall–Kier alpha value is -0.880. The summed E-state index contributed by atoms with van der Waals surface area (Å²) in [5.41, 5.74) is -0.875. The molecule has 0 bridgehead atoms. The number of ether oxygens (including phenoxy) is 1. The maximum absolute atomic E-state index is 11.8. The van der Waals surface area contributed by atoms with Gasteiger partial charge in [-0.2, -0.15) is 5.10 Å². The maximum atomic E-state index is 11.8. The van der Waals surface area contributed by atoms with Crippen LogP contribution in [-0.4, -0.2) is 34.1 Å². The van der Waals surface area contributed by atoms with Crippen molar-refractivity contribution in [2.75, 3.05) is 7.11 Å². The third kappa shape index (κ3) is 2.01. The van der Waals surface area contributed by atoms with Crippen LogP contribution in [0.2, 0.25) is 0 Å². The van der Waals surface area contributed by atoms with E-state index in [1.54, 1.807) is 24.2 Å². The first-order valence-corrected chi connectivity index (χ1v) is 7.31. The van der Waals surface area contributed by atoms with E-state index in [2.05, 4.69) is 21.0 Å². The van der Waals surface area contributed by atoms with Crippen LogP contribution < -0.4 is 0 Å². The first-order valence-electron chi connectivity index (χ1n) is 6.52. The molecular formula is C13H17BrN2O3. The van der Waals surface area contributed by atoms with Gasteiger partial charge in [-0.25, -0.2) is 4.79 Å². The number of methoxy groups -OCH3 is 1. The Bertz CT molecular complexity index is 488. The van der Waals surface area contributed by atoms with E-state index in [0.29, 0.717) is 30.8 Å². The Morgan fingerprint density at radius 3 is 2.58 bits per heavy atom. The normalized spacial score (nSPS) is 37.5. The number of hydrogen-bond acceptors (Lipinski definition) is 3. The van der Waals surface area contributed by atoms with Crippen molar-refractivity contribution >= 4 is 21.9 Å². The first-order chi connectivity index (χ1) is 9.05. The zero-order valence-corrected chi connectivity index (χ0v) is 12.3. The Labute approximate surface area is 120 Å². The first kappa shape index (κ1) is 13.1. The van der Waals surface area contributed by atoms with Crippen LogP contribution in [0.1, 0.15) is 25.7 Å². The molecule has 2 fully saturated rings. The lowest BCUT2D eigenvalue weighted by atomic mass is 9.93. The van der Waals surface area contributed by atoms with Crippen molar-refractivity contribution in [1.82, 2.24) is 9.78 Å². The molecule has 0 aliphatic heterocycles. The lowest BCUT2D eigenvalue weighted by Crippen LogP contribution is -2.40. The molecule has 2 unspecified atom stereocenters. The van der Waals surface area contributed by atoms with Crippen molar-refractivity contribution < 1.29 is 14.6 Å². The fourth-order valence-electron chi connectivity index (χ4n) is 3.79. The molecule has 0 spiro atoms. The molecule has 0 aromatic carbocycles. The molecule has 1 N–H and O–H groups in total. The molecular weight excluding hydrogens is 312 g/mol. The Morgan fingerprint density at radius 1 is 1.53 bits per heavy atom. The van der Waals surface area contributed by atoms with Gasteiger partial charge >= 0.3 is 5.97 Å². The summed E-state index contributed by atoms with van der Waals surface area (Å²) in [6.45, 7) is 0. The summed E-state index contributed by atoms with van der Waals surface area (Å²) < 4.78 is 7.85. The van der Waals surface area contributed by atoms with E-state index in [0.717, 1.165) is 17.3 Å². The van der Waals surface area contributed by atoms with Crippen LogP contribution in [0.25, 0.3) is 0 Å². The van der Waals surface area contributed by atoms with Crippen LogP contribution in [0, 0.1) is 11.8 Å². The number of carboxylic acid groups (broad SMARTS) is 1.